The summed E-state index contributed by atoms with van der Waals surface area (Å²) in [6.07, 6.45) is 2.50. The number of nitrogens with zero attached hydrogens (tertiary/aromatic N) is 1. The van der Waals surface area contributed by atoms with Crippen LogP contribution in [0.4, 0.5) is 0 Å². The minimum Gasteiger partial charge on any atom is -0.395 e. The van der Waals surface area contributed by atoms with Crippen molar-refractivity contribution in [2.75, 3.05) is 13.2 Å². The monoisotopic (exact) mass is 471 g/mol. The number of carbonyl (C=O) groups excluding carboxylic acids is 2. The molecule has 9 heteroatoms. The summed E-state index contributed by atoms with van der Waals surface area (Å²) in [7, 11) is -3.94. The number of hydrogen-bond donors (Lipinski definition) is 0. The Labute approximate surface area is 192 Å². The number of likely N-dealkylation sites (tertiary alicyclic amines) is 1. The van der Waals surface area contributed by atoms with E-state index in [-0.39, 0.29) is 42.5 Å². The zero-order valence-corrected chi connectivity index (χ0v) is 19.0. The number of para-hydroxylation sites is 2. The molecule has 3 saturated heterocycles. The van der Waals surface area contributed by atoms with Crippen molar-refractivity contribution in [1.82, 2.24) is 4.90 Å². The zero-order chi connectivity index (χ0) is 22.8. The van der Waals surface area contributed by atoms with Crippen molar-refractivity contribution in [2.24, 2.45) is 11.8 Å². The molecule has 4 atom stereocenters. The van der Waals surface area contributed by atoms with E-state index in [2.05, 4.69) is 0 Å². The number of benzene rings is 2. The van der Waals surface area contributed by atoms with Gasteiger partial charge in [0, 0.05) is 6.54 Å². The summed E-state index contributed by atoms with van der Waals surface area (Å²) >= 11 is 0. The molecule has 0 aromatic heterocycles. The quantitative estimate of drug-likeness (QED) is 0.291. The van der Waals surface area contributed by atoms with Gasteiger partial charge in [-0.05, 0) is 49.9 Å². The predicted octanol–water partition coefficient (Wildman–Crippen LogP) is 4.21. The van der Waals surface area contributed by atoms with E-state index in [1.165, 1.54) is 4.90 Å². The molecule has 3 fully saturated rings. The van der Waals surface area contributed by atoms with Gasteiger partial charge in [-0.2, -0.15) is 0 Å². The van der Waals surface area contributed by atoms with E-state index in [4.69, 9.17) is 18.3 Å². The lowest BCUT2D eigenvalue weighted by Gasteiger charge is -2.20. The highest BCUT2D eigenvalue weighted by molar-refractivity contribution is 7.49. The van der Waals surface area contributed by atoms with E-state index in [9.17, 15) is 14.2 Å². The van der Waals surface area contributed by atoms with Gasteiger partial charge < -0.3 is 13.8 Å². The van der Waals surface area contributed by atoms with Crippen LogP contribution in [0, 0.1) is 11.8 Å². The van der Waals surface area contributed by atoms with E-state index in [1.54, 1.807) is 48.5 Å². The lowest BCUT2D eigenvalue weighted by molar-refractivity contribution is -0.142. The molecule has 3 heterocycles. The SMILES string of the molecule is O=C1[C@@H]2[C@H](C(=O)N1CCCCOP(=O)(Oc1ccccc1)Oc1ccccc1)[C@H]1CC[C@@H]2O1. The second kappa shape index (κ2) is 9.29. The number of imide groups is 1. The average Bonchev–Trinajstić information content (AvgIpc) is 3.50. The molecule has 2 amide bonds. The number of fused-ring (bicyclic) bond motifs is 5. The Morgan fingerprint density at radius 3 is 1.85 bits per heavy atom. The van der Waals surface area contributed by atoms with Crippen LogP contribution in [0.1, 0.15) is 25.7 Å². The fourth-order valence-corrected chi connectivity index (χ4v) is 6.09. The third-order valence-electron chi connectivity index (χ3n) is 6.32. The molecule has 33 heavy (non-hydrogen) atoms. The smallest absolute Gasteiger partial charge is 0.395 e. The first kappa shape index (κ1) is 22.1. The number of rotatable bonds is 10. The summed E-state index contributed by atoms with van der Waals surface area (Å²) in [6.45, 7) is 0.408. The fourth-order valence-electron chi connectivity index (χ4n) is 4.83. The molecule has 0 radical (unpaired) electrons. The van der Waals surface area contributed by atoms with Crippen molar-refractivity contribution in [3.8, 4) is 11.5 Å². The van der Waals surface area contributed by atoms with Gasteiger partial charge in [0.15, 0.2) is 0 Å². The topological polar surface area (TPSA) is 91.4 Å². The van der Waals surface area contributed by atoms with Gasteiger partial charge in [0.05, 0.1) is 30.7 Å². The standard InChI is InChI=1S/C24H26NO7P/c26-23-21-19-13-14-20(30-19)22(21)24(27)25(23)15-7-8-16-29-33(28,31-17-9-3-1-4-10-17)32-18-11-5-2-6-12-18/h1-6,9-12,19-22H,7-8,13-16H2/t19-,20+,21-,22+. The summed E-state index contributed by atoms with van der Waals surface area (Å²) in [4.78, 5) is 26.8. The Balaban J connectivity index is 1.15. The van der Waals surface area contributed by atoms with Crippen LogP contribution in [0.5, 0.6) is 11.5 Å². The molecular formula is C24H26NO7P. The fraction of sp³-hybridized carbons (Fsp3) is 0.417. The molecule has 0 saturated carbocycles. The molecule has 3 aliphatic rings. The van der Waals surface area contributed by atoms with Crippen LogP contribution in [-0.2, 0) is 23.4 Å². The van der Waals surface area contributed by atoms with Crippen LogP contribution in [0.25, 0.3) is 0 Å². The molecule has 0 unspecified atom stereocenters. The molecule has 5 rings (SSSR count). The van der Waals surface area contributed by atoms with E-state index in [1.807, 2.05) is 12.1 Å². The Morgan fingerprint density at radius 2 is 1.33 bits per heavy atom. The Hall–Kier alpha value is -2.67. The number of carbonyl (C=O) groups is 2. The Kier molecular flexibility index (Phi) is 6.23. The molecule has 0 aliphatic carbocycles. The summed E-state index contributed by atoms with van der Waals surface area (Å²) in [5, 5.41) is 0. The number of amides is 2. The summed E-state index contributed by atoms with van der Waals surface area (Å²) in [5.74, 6) is -0.133. The molecule has 2 aromatic rings. The van der Waals surface area contributed by atoms with Crippen LogP contribution in [-0.4, -0.2) is 42.1 Å². The number of phosphoric ester groups is 1. The lowest BCUT2D eigenvalue weighted by Crippen LogP contribution is -2.35. The summed E-state index contributed by atoms with van der Waals surface area (Å²) in [5.41, 5.74) is 0. The minimum atomic E-state index is -3.94. The normalized spacial score (nSPS) is 26.0. The maximum atomic E-state index is 13.3. The summed E-state index contributed by atoms with van der Waals surface area (Å²) in [6, 6.07) is 17.4. The second-order valence-corrected chi connectivity index (χ2v) is 9.98. The van der Waals surface area contributed by atoms with Crippen LogP contribution < -0.4 is 9.05 Å². The third-order valence-corrected chi connectivity index (χ3v) is 7.69. The highest BCUT2D eigenvalue weighted by Gasteiger charge is 2.62. The maximum absolute atomic E-state index is 13.3. The molecule has 0 N–H and O–H groups in total. The van der Waals surface area contributed by atoms with Crippen LogP contribution in [0.15, 0.2) is 60.7 Å². The first-order valence-corrected chi connectivity index (χ1v) is 12.7. The number of phosphoric acid groups is 1. The largest absolute Gasteiger partial charge is 0.587 e. The van der Waals surface area contributed by atoms with Crippen LogP contribution in [0.3, 0.4) is 0 Å². The van der Waals surface area contributed by atoms with Crippen molar-refractivity contribution in [2.45, 2.75) is 37.9 Å². The van der Waals surface area contributed by atoms with Gasteiger partial charge in [0.2, 0.25) is 11.8 Å². The summed E-state index contributed by atoms with van der Waals surface area (Å²) < 4.78 is 35.8. The van der Waals surface area contributed by atoms with Gasteiger partial charge in [-0.25, -0.2) is 4.57 Å². The maximum Gasteiger partial charge on any atom is 0.587 e. The molecule has 2 aromatic carbocycles. The van der Waals surface area contributed by atoms with Crippen LogP contribution in [0.2, 0.25) is 0 Å². The molecule has 174 valence electrons. The number of ether oxygens (including phenoxy) is 1. The first-order valence-electron chi connectivity index (χ1n) is 11.3. The number of hydrogen-bond acceptors (Lipinski definition) is 7. The highest BCUT2D eigenvalue weighted by Crippen LogP contribution is 2.50. The van der Waals surface area contributed by atoms with Crippen molar-refractivity contribution in [3.63, 3.8) is 0 Å². The Bertz CT molecular complexity index is 974. The van der Waals surface area contributed by atoms with Gasteiger partial charge in [0.1, 0.15) is 11.5 Å². The van der Waals surface area contributed by atoms with Crippen LogP contribution >= 0.6 is 7.82 Å². The number of unbranched alkanes of at least 4 members (excludes halogenated alkanes) is 1. The molecule has 0 spiro atoms. The second-order valence-electron chi connectivity index (χ2n) is 8.47. The molecular weight excluding hydrogens is 445 g/mol. The first-order chi connectivity index (χ1) is 16.0. The molecule has 2 bridgehead atoms. The van der Waals surface area contributed by atoms with E-state index in [0.717, 1.165) is 12.8 Å². The van der Waals surface area contributed by atoms with Crippen molar-refractivity contribution in [1.29, 1.82) is 0 Å². The van der Waals surface area contributed by atoms with Crippen molar-refractivity contribution < 1.29 is 32.5 Å². The Morgan fingerprint density at radius 1 is 0.818 bits per heavy atom. The highest BCUT2D eigenvalue weighted by atomic mass is 31.2. The van der Waals surface area contributed by atoms with E-state index in [0.29, 0.717) is 30.9 Å². The third kappa shape index (κ3) is 4.56. The minimum absolute atomic E-state index is 0.0917. The molecule has 8 nitrogen and oxygen atoms in total. The predicted molar refractivity (Wildman–Crippen MR) is 119 cm³/mol. The molecule has 3 aliphatic heterocycles. The van der Waals surface area contributed by atoms with E-state index < -0.39 is 7.82 Å². The lowest BCUT2D eigenvalue weighted by atomic mass is 9.81. The average molecular weight is 471 g/mol. The van der Waals surface area contributed by atoms with E-state index >= 15 is 0 Å². The van der Waals surface area contributed by atoms with Gasteiger partial charge >= 0.3 is 7.82 Å². The van der Waals surface area contributed by atoms with Gasteiger partial charge in [0.25, 0.3) is 0 Å². The van der Waals surface area contributed by atoms with Gasteiger partial charge in [-0.15, -0.1) is 0 Å². The van der Waals surface area contributed by atoms with Gasteiger partial charge in [-0.3, -0.25) is 19.0 Å². The van der Waals surface area contributed by atoms with Crippen molar-refractivity contribution >= 4 is 19.6 Å². The van der Waals surface area contributed by atoms with Gasteiger partial charge in [-0.1, -0.05) is 36.4 Å². The van der Waals surface area contributed by atoms with Crippen molar-refractivity contribution in [3.05, 3.63) is 60.7 Å². The zero-order valence-electron chi connectivity index (χ0n) is 18.1.